The van der Waals surface area contributed by atoms with Gasteiger partial charge in [-0.05, 0) is 25.3 Å². The van der Waals surface area contributed by atoms with Crippen molar-refractivity contribution in [1.29, 1.82) is 0 Å². The largest absolute Gasteiger partial charge is 0.380 e. The van der Waals surface area contributed by atoms with Crippen LogP contribution in [0.4, 0.5) is 11.6 Å². The van der Waals surface area contributed by atoms with Crippen LogP contribution in [0.3, 0.4) is 0 Å². The molecule has 4 rings (SSSR count). The lowest BCUT2D eigenvalue weighted by Crippen LogP contribution is -2.37. The van der Waals surface area contributed by atoms with Gasteiger partial charge in [0.25, 0.3) is 5.56 Å². The third-order valence-corrected chi connectivity index (χ3v) is 4.88. The predicted molar refractivity (Wildman–Crippen MR) is 93.8 cm³/mol. The first kappa shape index (κ1) is 16.0. The lowest BCUT2D eigenvalue weighted by Gasteiger charge is -2.25. The molecule has 1 saturated heterocycles. The van der Waals surface area contributed by atoms with E-state index in [9.17, 15) is 4.79 Å². The average molecular weight is 342 g/mol. The third-order valence-electron chi connectivity index (χ3n) is 4.88. The molecule has 2 aromatic heterocycles. The molecule has 0 unspecified atom stereocenters. The van der Waals surface area contributed by atoms with Crippen LogP contribution < -0.4 is 15.8 Å². The summed E-state index contributed by atoms with van der Waals surface area (Å²) in [6.07, 6.45) is 9.91. The Labute approximate surface area is 145 Å². The van der Waals surface area contributed by atoms with Crippen molar-refractivity contribution in [3.8, 4) is 0 Å². The highest BCUT2D eigenvalue weighted by molar-refractivity contribution is 5.42. The molecule has 8 nitrogen and oxygen atoms in total. The van der Waals surface area contributed by atoms with Gasteiger partial charge in [0.15, 0.2) is 5.82 Å². The summed E-state index contributed by atoms with van der Waals surface area (Å²) in [5, 5.41) is 3.24. The maximum Gasteiger partial charge on any atom is 0.293 e. The highest BCUT2D eigenvalue weighted by Gasteiger charge is 2.33. The number of hydrogen-bond donors (Lipinski definition) is 1. The van der Waals surface area contributed by atoms with E-state index in [4.69, 9.17) is 4.74 Å². The Hall–Kier alpha value is -2.48. The lowest BCUT2D eigenvalue weighted by atomic mass is 10.2. The van der Waals surface area contributed by atoms with Crippen molar-refractivity contribution in [1.82, 2.24) is 19.5 Å². The molecule has 0 spiro atoms. The van der Waals surface area contributed by atoms with E-state index in [1.165, 1.54) is 0 Å². The summed E-state index contributed by atoms with van der Waals surface area (Å²) in [4.78, 5) is 27.3. The summed E-state index contributed by atoms with van der Waals surface area (Å²) in [5.74, 6) is 1.29. The van der Waals surface area contributed by atoms with Crippen LogP contribution in [0.5, 0.6) is 0 Å². The molecule has 1 saturated carbocycles. The highest BCUT2D eigenvalue weighted by atomic mass is 16.5. The molecule has 0 amide bonds. The predicted octanol–water partition coefficient (Wildman–Crippen LogP) is 1.07. The minimum atomic E-state index is -0.0418. The van der Waals surface area contributed by atoms with Gasteiger partial charge >= 0.3 is 0 Å². The van der Waals surface area contributed by atoms with Crippen LogP contribution in [0.15, 0.2) is 35.8 Å². The fourth-order valence-electron chi connectivity index (χ4n) is 3.37. The summed E-state index contributed by atoms with van der Waals surface area (Å²) >= 11 is 0. The monoisotopic (exact) mass is 342 g/mol. The number of rotatable bonds is 6. The zero-order chi connectivity index (χ0) is 17.2. The molecule has 0 radical (unpaired) electrons. The van der Waals surface area contributed by atoms with Crippen LogP contribution in [-0.4, -0.2) is 51.9 Å². The topological polar surface area (TPSA) is 85.2 Å². The van der Waals surface area contributed by atoms with Crippen LogP contribution >= 0.6 is 0 Å². The molecule has 1 N–H and O–H groups in total. The summed E-state index contributed by atoms with van der Waals surface area (Å²) in [6, 6.07) is 2.42. The van der Waals surface area contributed by atoms with Gasteiger partial charge in [0, 0.05) is 44.8 Å². The molecule has 0 aromatic carbocycles. The normalized spacial score (nSPS) is 23.0. The lowest BCUT2D eigenvalue weighted by molar-refractivity contribution is 0.118. The van der Waals surface area contributed by atoms with Gasteiger partial charge in [0.1, 0.15) is 12.1 Å². The molecular weight excluding hydrogens is 320 g/mol. The van der Waals surface area contributed by atoms with Crippen LogP contribution in [0.25, 0.3) is 0 Å². The Balaban J connectivity index is 1.49. The number of anilines is 2. The SMILES string of the molecule is CO[C@@H]1C[C@H](CNc2nccn(C3CC3)c2=O)N(c2ccncn2)C1. The molecule has 2 aromatic rings. The number of ether oxygens (including phenoxy) is 1. The molecule has 25 heavy (non-hydrogen) atoms. The molecule has 2 atom stereocenters. The van der Waals surface area contributed by atoms with Gasteiger partial charge in [-0.2, -0.15) is 0 Å². The Bertz CT molecular complexity index is 776. The molecule has 3 heterocycles. The van der Waals surface area contributed by atoms with E-state index in [-0.39, 0.29) is 17.7 Å². The summed E-state index contributed by atoms with van der Waals surface area (Å²) < 4.78 is 7.32. The second-order valence-electron chi connectivity index (χ2n) is 6.57. The summed E-state index contributed by atoms with van der Waals surface area (Å²) in [5.41, 5.74) is -0.0418. The van der Waals surface area contributed by atoms with Crippen molar-refractivity contribution >= 4 is 11.6 Å². The van der Waals surface area contributed by atoms with Crippen LogP contribution in [0.1, 0.15) is 25.3 Å². The number of nitrogens with one attached hydrogen (secondary N) is 1. The first-order valence-electron chi connectivity index (χ1n) is 8.62. The first-order valence-corrected chi connectivity index (χ1v) is 8.62. The summed E-state index contributed by atoms with van der Waals surface area (Å²) in [7, 11) is 1.73. The fourth-order valence-corrected chi connectivity index (χ4v) is 3.37. The van der Waals surface area contributed by atoms with E-state index >= 15 is 0 Å². The standard InChI is InChI=1S/C17H22N6O2/c1-25-14-8-13(23(10-14)15-4-5-18-11-21-15)9-20-16-17(24)22(7-6-19-16)12-2-3-12/h4-7,11-14H,2-3,8-10H2,1H3,(H,19,20)/t13-,14-/m1/s1. The van der Waals surface area contributed by atoms with E-state index in [2.05, 4.69) is 25.2 Å². The van der Waals surface area contributed by atoms with Crippen molar-refractivity contribution in [2.45, 2.75) is 37.5 Å². The van der Waals surface area contributed by atoms with Crippen LogP contribution in [-0.2, 0) is 4.74 Å². The van der Waals surface area contributed by atoms with Crippen molar-refractivity contribution in [3.63, 3.8) is 0 Å². The van der Waals surface area contributed by atoms with Crippen molar-refractivity contribution < 1.29 is 4.74 Å². The van der Waals surface area contributed by atoms with E-state index in [1.807, 2.05) is 6.07 Å². The first-order chi connectivity index (χ1) is 12.3. The number of methoxy groups -OCH3 is 1. The second-order valence-corrected chi connectivity index (χ2v) is 6.57. The molecule has 2 fully saturated rings. The van der Waals surface area contributed by atoms with E-state index < -0.39 is 0 Å². The van der Waals surface area contributed by atoms with Crippen molar-refractivity contribution in [2.75, 3.05) is 30.4 Å². The quantitative estimate of drug-likeness (QED) is 0.840. The van der Waals surface area contributed by atoms with Crippen LogP contribution in [0.2, 0.25) is 0 Å². The van der Waals surface area contributed by atoms with E-state index in [0.717, 1.165) is 31.6 Å². The minimum absolute atomic E-state index is 0.0418. The fraction of sp³-hybridized carbons (Fsp3) is 0.529. The molecule has 1 aliphatic carbocycles. The molecule has 2 aliphatic rings. The molecular formula is C17H22N6O2. The van der Waals surface area contributed by atoms with Gasteiger partial charge in [-0.25, -0.2) is 15.0 Å². The number of nitrogens with zero attached hydrogens (tertiary/aromatic N) is 5. The molecule has 132 valence electrons. The summed E-state index contributed by atoms with van der Waals surface area (Å²) in [6.45, 7) is 1.38. The maximum absolute atomic E-state index is 12.5. The van der Waals surface area contributed by atoms with E-state index in [1.54, 1.807) is 36.6 Å². The Kier molecular flexibility index (Phi) is 4.35. The molecule has 1 aliphatic heterocycles. The average Bonchev–Trinajstić information content (AvgIpc) is 3.41. The van der Waals surface area contributed by atoms with Gasteiger partial charge in [0.05, 0.1) is 12.1 Å². The highest BCUT2D eigenvalue weighted by Crippen LogP contribution is 2.33. The minimum Gasteiger partial charge on any atom is -0.380 e. The third kappa shape index (κ3) is 3.34. The van der Waals surface area contributed by atoms with Crippen molar-refractivity contribution in [2.24, 2.45) is 0 Å². The zero-order valence-electron chi connectivity index (χ0n) is 14.2. The Morgan fingerprint density at radius 3 is 2.92 bits per heavy atom. The van der Waals surface area contributed by atoms with Gasteiger partial charge in [-0.1, -0.05) is 0 Å². The second kappa shape index (κ2) is 6.79. The van der Waals surface area contributed by atoms with E-state index in [0.29, 0.717) is 18.4 Å². The Morgan fingerprint density at radius 1 is 1.32 bits per heavy atom. The van der Waals surface area contributed by atoms with Gasteiger partial charge < -0.3 is 19.5 Å². The Morgan fingerprint density at radius 2 is 2.20 bits per heavy atom. The maximum atomic E-state index is 12.5. The number of aromatic nitrogens is 4. The van der Waals surface area contributed by atoms with Gasteiger partial charge in [-0.3, -0.25) is 4.79 Å². The van der Waals surface area contributed by atoms with Crippen LogP contribution in [0, 0.1) is 0 Å². The van der Waals surface area contributed by atoms with Crippen molar-refractivity contribution in [3.05, 3.63) is 41.3 Å². The zero-order valence-corrected chi connectivity index (χ0v) is 14.2. The smallest absolute Gasteiger partial charge is 0.293 e. The van der Waals surface area contributed by atoms with Gasteiger partial charge in [0.2, 0.25) is 0 Å². The number of hydrogen-bond acceptors (Lipinski definition) is 7. The molecule has 8 heteroatoms. The van der Waals surface area contributed by atoms with Gasteiger partial charge in [-0.15, -0.1) is 0 Å². The molecule has 0 bridgehead atoms.